The van der Waals surface area contributed by atoms with E-state index in [1.165, 1.54) is 6.20 Å². The van der Waals surface area contributed by atoms with E-state index in [0.29, 0.717) is 19.5 Å². The van der Waals surface area contributed by atoms with Crippen LogP contribution in [0.3, 0.4) is 0 Å². The third kappa shape index (κ3) is 5.93. The predicted octanol–water partition coefficient (Wildman–Crippen LogP) is 1.05. The van der Waals surface area contributed by atoms with Crippen LogP contribution in [0, 0.1) is 11.3 Å². The van der Waals surface area contributed by atoms with E-state index in [1.807, 2.05) is 13.8 Å². The minimum absolute atomic E-state index is 0.0444. The number of likely N-dealkylation sites (N-methyl/N-ethyl adjacent to an activating group) is 1. The predicted molar refractivity (Wildman–Crippen MR) is 63.9 cm³/mol. The molecule has 0 heterocycles. The Morgan fingerprint density at radius 3 is 2.59 bits per heavy atom. The summed E-state index contributed by atoms with van der Waals surface area (Å²) in [4.78, 5) is 13.1. The van der Waals surface area contributed by atoms with E-state index in [9.17, 15) is 9.90 Å². The Kier molecular flexibility index (Phi) is 7.82. The Balaban J connectivity index is 4.67. The second kappa shape index (κ2) is 8.59. The van der Waals surface area contributed by atoms with E-state index in [4.69, 9.17) is 10.00 Å². The maximum atomic E-state index is 11.4. The normalized spacial score (nSPS) is 12.8. The van der Waals surface area contributed by atoms with Crippen LogP contribution in [0.15, 0.2) is 11.8 Å². The lowest BCUT2D eigenvalue weighted by molar-refractivity contribution is -0.138. The van der Waals surface area contributed by atoms with Crippen molar-refractivity contribution in [3.8, 4) is 6.07 Å². The van der Waals surface area contributed by atoms with Crippen molar-refractivity contribution in [3.63, 3.8) is 0 Å². The molecule has 0 aromatic carbocycles. The largest absolute Gasteiger partial charge is 0.462 e. The highest BCUT2D eigenvalue weighted by molar-refractivity contribution is 5.92. The first kappa shape index (κ1) is 15.5. The van der Waals surface area contributed by atoms with Crippen LogP contribution < -0.4 is 0 Å². The van der Waals surface area contributed by atoms with Gasteiger partial charge in [0.2, 0.25) is 0 Å². The van der Waals surface area contributed by atoms with E-state index in [2.05, 4.69) is 0 Å². The molecule has 0 aromatic heterocycles. The van der Waals surface area contributed by atoms with Crippen LogP contribution >= 0.6 is 0 Å². The van der Waals surface area contributed by atoms with Gasteiger partial charge in [-0.2, -0.15) is 5.26 Å². The molecule has 5 heteroatoms. The Hall–Kier alpha value is -1.54. The average molecular weight is 240 g/mol. The lowest BCUT2D eigenvalue weighted by Gasteiger charge is -2.21. The topological polar surface area (TPSA) is 73.6 Å². The summed E-state index contributed by atoms with van der Waals surface area (Å²) >= 11 is 0. The molecule has 1 unspecified atom stereocenters. The van der Waals surface area contributed by atoms with Crippen molar-refractivity contribution in [3.05, 3.63) is 11.8 Å². The molecular formula is C12H20N2O3. The molecule has 1 atom stereocenters. The van der Waals surface area contributed by atoms with Gasteiger partial charge >= 0.3 is 5.97 Å². The molecule has 0 rings (SSSR count). The summed E-state index contributed by atoms with van der Waals surface area (Å²) in [5.74, 6) is -0.626. The molecule has 1 N–H and O–H groups in total. The standard InChI is InChI=1S/C12H20N2O3/c1-4-11(15)9-14(5-2)8-10(7-13)12(16)17-6-3/h8,11,15H,4-6,9H2,1-3H3. The molecule has 0 fully saturated rings. The Morgan fingerprint density at radius 2 is 2.18 bits per heavy atom. The highest BCUT2D eigenvalue weighted by atomic mass is 16.5. The van der Waals surface area contributed by atoms with Gasteiger partial charge in [-0.05, 0) is 20.3 Å². The number of nitriles is 1. The van der Waals surface area contributed by atoms with E-state index < -0.39 is 12.1 Å². The molecule has 0 saturated heterocycles. The summed E-state index contributed by atoms with van der Waals surface area (Å²) in [5.41, 5.74) is -0.0444. The molecule has 0 aliphatic carbocycles. The van der Waals surface area contributed by atoms with Crippen LogP contribution in [0.1, 0.15) is 27.2 Å². The van der Waals surface area contributed by atoms with Crippen molar-refractivity contribution < 1.29 is 14.6 Å². The number of hydrogen-bond acceptors (Lipinski definition) is 5. The summed E-state index contributed by atoms with van der Waals surface area (Å²) < 4.78 is 4.75. The molecule has 0 aliphatic rings. The fourth-order valence-electron chi connectivity index (χ4n) is 1.19. The zero-order valence-corrected chi connectivity index (χ0v) is 10.6. The van der Waals surface area contributed by atoms with Crippen molar-refractivity contribution in [2.45, 2.75) is 33.3 Å². The number of esters is 1. The zero-order valence-electron chi connectivity index (χ0n) is 10.6. The number of carbonyl (C=O) groups excluding carboxylic acids is 1. The molecule has 0 amide bonds. The number of nitrogens with zero attached hydrogens (tertiary/aromatic N) is 2. The zero-order chi connectivity index (χ0) is 13.3. The fraction of sp³-hybridized carbons (Fsp3) is 0.667. The molecule has 0 bridgehead atoms. The van der Waals surface area contributed by atoms with Crippen LogP contribution in [-0.4, -0.2) is 41.8 Å². The van der Waals surface area contributed by atoms with Gasteiger partial charge in [0.05, 0.1) is 12.7 Å². The van der Waals surface area contributed by atoms with Gasteiger partial charge < -0.3 is 14.7 Å². The second-order valence-corrected chi connectivity index (χ2v) is 3.52. The molecule has 0 spiro atoms. The molecule has 0 aliphatic heterocycles. The van der Waals surface area contributed by atoms with Gasteiger partial charge in [-0.15, -0.1) is 0 Å². The van der Waals surface area contributed by atoms with E-state index >= 15 is 0 Å². The summed E-state index contributed by atoms with van der Waals surface area (Å²) in [6.45, 7) is 6.70. The van der Waals surface area contributed by atoms with Crippen LogP contribution in [0.2, 0.25) is 0 Å². The van der Waals surface area contributed by atoms with Crippen molar-refractivity contribution in [1.82, 2.24) is 4.90 Å². The van der Waals surface area contributed by atoms with Gasteiger partial charge in [-0.3, -0.25) is 0 Å². The van der Waals surface area contributed by atoms with Crippen LogP contribution in [0.5, 0.6) is 0 Å². The molecule has 17 heavy (non-hydrogen) atoms. The number of aliphatic hydroxyl groups is 1. The van der Waals surface area contributed by atoms with Crippen molar-refractivity contribution in [2.24, 2.45) is 0 Å². The van der Waals surface area contributed by atoms with Gasteiger partial charge in [0.15, 0.2) is 5.57 Å². The highest BCUT2D eigenvalue weighted by Gasteiger charge is 2.13. The van der Waals surface area contributed by atoms with Crippen LogP contribution in [-0.2, 0) is 9.53 Å². The number of carbonyl (C=O) groups is 1. The highest BCUT2D eigenvalue weighted by Crippen LogP contribution is 2.03. The molecular weight excluding hydrogens is 220 g/mol. The first-order valence-electron chi connectivity index (χ1n) is 5.80. The number of ether oxygens (including phenoxy) is 1. The van der Waals surface area contributed by atoms with E-state index in [1.54, 1.807) is 17.9 Å². The lowest BCUT2D eigenvalue weighted by Crippen LogP contribution is -2.28. The van der Waals surface area contributed by atoms with Gasteiger partial charge in [0.25, 0.3) is 0 Å². The van der Waals surface area contributed by atoms with E-state index in [-0.39, 0.29) is 12.2 Å². The van der Waals surface area contributed by atoms with Crippen molar-refractivity contribution >= 4 is 5.97 Å². The molecule has 0 saturated carbocycles. The van der Waals surface area contributed by atoms with Gasteiger partial charge in [-0.1, -0.05) is 6.92 Å². The van der Waals surface area contributed by atoms with Gasteiger partial charge in [0.1, 0.15) is 6.07 Å². The fourth-order valence-corrected chi connectivity index (χ4v) is 1.19. The number of aliphatic hydroxyl groups excluding tert-OH is 1. The second-order valence-electron chi connectivity index (χ2n) is 3.52. The maximum absolute atomic E-state index is 11.4. The smallest absolute Gasteiger partial charge is 0.350 e. The molecule has 0 aromatic rings. The van der Waals surface area contributed by atoms with Gasteiger partial charge in [0, 0.05) is 19.3 Å². The summed E-state index contributed by atoms with van der Waals surface area (Å²) in [5, 5.41) is 18.4. The summed E-state index contributed by atoms with van der Waals surface area (Å²) in [6.07, 6.45) is 1.61. The quantitative estimate of drug-likeness (QED) is 0.409. The average Bonchev–Trinajstić information content (AvgIpc) is 2.34. The van der Waals surface area contributed by atoms with Crippen molar-refractivity contribution in [1.29, 1.82) is 5.26 Å². The number of rotatable bonds is 7. The minimum Gasteiger partial charge on any atom is -0.462 e. The Bertz CT molecular complexity index is 307. The Morgan fingerprint density at radius 1 is 1.53 bits per heavy atom. The third-order valence-corrected chi connectivity index (χ3v) is 2.25. The van der Waals surface area contributed by atoms with Crippen LogP contribution in [0.4, 0.5) is 0 Å². The summed E-state index contributed by atoms with van der Waals surface area (Å²) in [7, 11) is 0. The SMILES string of the molecule is CCOC(=O)C(C#N)=CN(CC)CC(O)CC. The molecule has 5 nitrogen and oxygen atoms in total. The minimum atomic E-state index is -0.626. The Labute approximate surface area is 102 Å². The first-order chi connectivity index (χ1) is 8.08. The molecule has 96 valence electrons. The third-order valence-electron chi connectivity index (χ3n) is 2.25. The summed E-state index contributed by atoms with van der Waals surface area (Å²) in [6, 6.07) is 1.81. The van der Waals surface area contributed by atoms with E-state index in [0.717, 1.165) is 0 Å². The lowest BCUT2D eigenvalue weighted by atomic mass is 10.2. The van der Waals surface area contributed by atoms with Gasteiger partial charge in [-0.25, -0.2) is 4.79 Å². The van der Waals surface area contributed by atoms with Crippen molar-refractivity contribution in [2.75, 3.05) is 19.7 Å². The first-order valence-corrected chi connectivity index (χ1v) is 5.80. The maximum Gasteiger partial charge on any atom is 0.350 e. The molecule has 0 radical (unpaired) electrons. The van der Waals surface area contributed by atoms with Crippen LogP contribution in [0.25, 0.3) is 0 Å². The monoisotopic (exact) mass is 240 g/mol. The number of hydrogen-bond donors (Lipinski definition) is 1.